The first-order valence-electron chi connectivity index (χ1n) is 5.19. The predicted octanol–water partition coefficient (Wildman–Crippen LogP) is 1.71. The van der Waals surface area contributed by atoms with E-state index in [0.29, 0.717) is 11.3 Å². The number of hydrogen-bond acceptors (Lipinski definition) is 5. The van der Waals surface area contributed by atoms with Gasteiger partial charge >= 0.3 is 0 Å². The standard InChI is InChI=1S/C12H11N3O3/c1-7(16)8-3-2-4-9(5-8)14-11(17)10-6-18-12(13)15-10/h2-6H,1H3,(H2,13,15)(H,14,17). The average Bonchev–Trinajstić information content (AvgIpc) is 2.76. The van der Waals surface area contributed by atoms with Crippen LogP contribution in [0.5, 0.6) is 0 Å². The van der Waals surface area contributed by atoms with E-state index in [-0.39, 0.29) is 17.5 Å². The SMILES string of the molecule is CC(=O)c1cccc(NC(=O)c2coc(N)n2)c1. The van der Waals surface area contributed by atoms with E-state index in [9.17, 15) is 9.59 Å². The summed E-state index contributed by atoms with van der Waals surface area (Å²) >= 11 is 0. The fourth-order valence-electron chi connectivity index (χ4n) is 1.40. The maximum Gasteiger partial charge on any atom is 0.292 e. The molecule has 92 valence electrons. The first-order valence-corrected chi connectivity index (χ1v) is 5.19. The molecule has 2 rings (SSSR count). The molecule has 1 heterocycles. The Balaban J connectivity index is 2.16. The van der Waals surface area contributed by atoms with Gasteiger partial charge in [-0.2, -0.15) is 4.98 Å². The van der Waals surface area contributed by atoms with Gasteiger partial charge in [0.15, 0.2) is 11.5 Å². The van der Waals surface area contributed by atoms with E-state index in [1.54, 1.807) is 24.3 Å². The fraction of sp³-hybridized carbons (Fsp3) is 0.0833. The molecule has 18 heavy (non-hydrogen) atoms. The Morgan fingerprint density at radius 2 is 2.17 bits per heavy atom. The Morgan fingerprint density at radius 1 is 1.39 bits per heavy atom. The topological polar surface area (TPSA) is 98.2 Å². The lowest BCUT2D eigenvalue weighted by Gasteiger charge is -2.04. The third kappa shape index (κ3) is 2.54. The van der Waals surface area contributed by atoms with E-state index in [0.717, 1.165) is 0 Å². The highest BCUT2D eigenvalue weighted by Crippen LogP contribution is 2.13. The second kappa shape index (κ2) is 4.70. The molecule has 0 aliphatic rings. The number of ketones is 1. The summed E-state index contributed by atoms with van der Waals surface area (Å²) in [6.07, 6.45) is 1.17. The quantitative estimate of drug-likeness (QED) is 0.802. The van der Waals surface area contributed by atoms with Crippen molar-refractivity contribution in [2.45, 2.75) is 6.92 Å². The van der Waals surface area contributed by atoms with Gasteiger partial charge in [-0.1, -0.05) is 12.1 Å². The van der Waals surface area contributed by atoms with Crippen molar-refractivity contribution in [3.05, 3.63) is 41.8 Å². The van der Waals surface area contributed by atoms with E-state index in [2.05, 4.69) is 10.3 Å². The van der Waals surface area contributed by atoms with Crippen molar-refractivity contribution >= 4 is 23.4 Å². The van der Waals surface area contributed by atoms with Crippen molar-refractivity contribution < 1.29 is 14.0 Å². The molecule has 0 radical (unpaired) electrons. The molecule has 0 bridgehead atoms. The lowest BCUT2D eigenvalue weighted by atomic mass is 10.1. The van der Waals surface area contributed by atoms with Gasteiger partial charge in [0, 0.05) is 11.3 Å². The largest absolute Gasteiger partial charge is 0.431 e. The Labute approximate surface area is 103 Å². The van der Waals surface area contributed by atoms with Gasteiger partial charge in [-0.25, -0.2) is 0 Å². The molecule has 0 aliphatic heterocycles. The zero-order valence-corrected chi connectivity index (χ0v) is 9.64. The van der Waals surface area contributed by atoms with Gasteiger partial charge in [0.1, 0.15) is 6.26 Å². The van der Waals surface area contributed by atoms with Gasteiger partial charge in [-0.15, -0.1) is 0 Å². The minimum atomic E-state index is -0.448. The maximum atomic E-state index is 11.7. The summed E-state index contributed by atoms with van der Waals surface area (Å²) in [6.45, 7) is 1.46. The van der Waals surface area contributed by atoms with E-state index < -0.39 is 5.91 Å². The summed E-state index contributed by atoms with van der Waals surface area (Å²) in [5, 5.41) is 2.60. The summed E-state index contributed by atoms with van der Waals surface area (Å²) in [4.78, 5) is 26.6. The molecule has 0 atom stereocenters. The summed E-state index contributed by atoms with van der Waals surface area (Å²) < 4.78 is 4.74. The fourth-order valence-corrected chi connectivity index (χ4v) is 1.40. The van der Waals surface area contributed by atoms with Gasteiger partial charge in [0.25, 0.3) is 11.9 Å². The minimum Gasteiger partial charge on any atom is -0.431 e. The number of oxazole rings is 1. The van der Waals surface area contributed by atoms with Crippen LogP contribution in [0.15, 0.2) is 34.9 Å². The Bertz CT molecular complexity index is 604. The molecule has 0 spiro atoms. The first kappa shape index (κ1) is 11.8. The maximum absolute atomic E-state index is 11.7. The molecule has 0 saturated heterocycles. The normalized spacial score (nSPS) is 10.1. The number of nitrogen functional groups attached to an aromatic ring is 1. The number of nitrogens with one attached hydrogen (secondary N) is 1. The van der Waals surface area contributed by atoms with Crippen molar-refractivity contribution in [3.63, 3.8) is 0 Å². The van der Waals surface area contributed by atoms with Crippen LogP contribution in [0.2, 0.25) is 0 Å². The monoisotopic (exact) mass is 245 g/mol. The van der Waals surface area contributed by atoms with Crippen LogP contribution < -0.4 is 11.1 Å². The second-order valence-electron chi connectivity index (χ2n) is 3.66. The molecule has 1 amide bonds. The number of amides is 1. The number of carbonyl (C=O) groups is 2. The summed E-state index contributed by atoms with van der Waals surface area (Å²) in [6, 6.07) is 6.55. The molecule has 0 saturated carbocycles. The third-order valence-electron chi connectivity index (χ3n) is 2.28. The van der Waals surface area contributed by atoms with Crippen molar-refractivity contribution in [1.29, 1.82) is 0 Å². The molecule has 0 fully saturated rings. The molecular formula is C12H11N3O3. The smallest absolute Gasteiger partial charge is 0.292 e. The highest BCUT2D eigenvalue weighted by molar-refractivity contribution is 6.03. The molecule has 0 aliphatic carbocycles. The number of anilines is 2. The van der Waals surface area contributed by atoms with Crippen molar-refractivity contribution in [2.24, 2.45) is 0 Å². The average molecular weight is 245 g/mol. The zero-order valence-electron chi connectivity index (χ0n) is 9.64. The van der Waals surface area contributed by atoms with Gasteiger partial charge in [0.2, 0.25) is 0 Å². The number of rotatable bonds is 3. The lowest BCUT2D eigenvalue weighted by Crippen LogP contribution is -2.12. The number of nitrogens with two attached hydrogens (primary N) is 1. The minimum absolute atomic E-state index is 0.0716. The van der Waals surface area contributed by atoms with Crippen LogP contribution in [-0.4, -0.2) is 16.7 Å². The van der Waals surface area contributed by atoms with Crippen LogP contribution in [0, 0.1) is 0 Å². The summed E-state index contributed by atoms with van der Waals surface area (Å²) in [5.74, 6) is -0.520. The molecule has 1 aromatic heterocycles. The number of carbonyl (C=O) groups excluding carboxylic acids is 2. The first-order chi connectivity index (χ1) is 8.56. The van der Waals surface area contributed by atoms with Crippen molar-refractivity contribution in [1.82, 2.24) is 4.98 Å². The molecular weight excluding hydrogens is 234 g/mol. The molecule has 6 heteroatoms. The Hall–Kier alpha value is -2.63. The number of Topliss-reactive ketones (excluding diaryl/α,β-unsaturated/α-hetero) is 1. The number of nitrogens with zero attached hydrogens (tertiary/aromatic N) is 1. The van der Waals surface area contributed by atoms with E-state index in [1.165, 1.54) is 13.2 Å². The number of hydrogen-bond donors (Lipinski definition) is 2. The summed E-state index contributed by atoms with van der Waals surface area (Å²) in [5.41, 5.74) is 6.38. The second-order valence-corrected chi connectivity index (χ2v) is 3.66. The van der Waals surface area contributed by atoms with Gasteiger partial charge < -0.3 is 15.5 Å². The summed E-state index contributed by atoms with van der Waals surface area (Å²) in [7, 11) is 0. The van der Waals surface area contributed by atoms with E-state index >= 15 is 0 Å². The number of benzene rings is 1. The highest BCUT2D eigenvalue weighted by atomic mass is 16.4. The molecule has 3 N–H and O–H groups in total. The van der Waals surface area contributed by atoms with E-state index in [1.807, 2.05) is 0 Å². The molecule has 6 nitrogen and oxygen atoms in total. The highest BCUT2D eigenvalue weighted by Gasteiger charge is 2.11. The predicted molar refractivity (Wildman–Crippen MR) is 65.3 cm³/mol. The lowest BCUT2D eigenvalue weighted by molar-refractivity contribution is 0.100. The van der Waals surface area contributed by atoms with Gasteiger partial charge in [0.05, 0.1) is 0 Å². The van der Waals surface area contributed by atoms with Crippen molar-refractivity contribution in [2.75, 3.05) is 11.1 Å². The van der Waals surface area contributed by atoms with Crippen LogP contribution in [0.3, 0.4) is 0 Å². The van der Waals surface area contributed by atoms with Crippen LogP contribution in [0.4, 0.5) is 11.7 Å². The number of aromatic nitrogens is 1. The molecule has 2 aromatic rings. The van der Waals surface area contributed by atoms with Gasteiger partial charge in [-0.05, 0) is 19.1 Å². The molecule has 1 aromatic carbocycles. The van der Waals surface area contributed by atoms with Crippen LogP contribution in [0.1, 0.15) is 27.8 Å². The van der Waals surface area contributed by atoms with Gasteiger partial charge in [-0.3, -0.25) is 9.59 Å². The molecule has 0 unspecified atom stereocenters. The van der Waals surface area contributed by atoms with Crippen molar-refractivity contribution in [3.8, 4) is 0 Å². The Morgan fingerprint density at radius 3 is 2.78 bits per heavy atom. The van der Waals surface area contributed by atoms with Crippen LogP contribution in [-0.2, 0) is 0 Å². The van der Waals surface area contributed by atoms with E-state index in [4.69, 9.17) is 10.2 Å². The third-order valence-corrected chi connectivity index (χ3v) is 2.28. The van der Waals surface area contributed by atoms with Crippen LogP contribution in [0.25, 0.3) is 0 Å². The zero-order chi connectivity index (χ0) is 13.1. The Kier molecular flexibility index (Phi) is 3.09. The van der Waals surface area contributed by atoms with Crippen LogP contribution >= 0.6 is 0 Å².